The van der Waals surface area contributed by atoms with Gasteiger partial charge in [0.1, 0.15) is 6.04 Å². The van der Waals surface area contributed by atoms with Crippen LogP contribution in [-0.2, 0) is 9.59 Å². The van der Waals surface area contributed by atoms with Gasteiger partial charge >= 0.3 is 0 Å². The first-order valence-corrected chi connectivity index (χ1v) is 5.72. The highest BCUT2D eigenvalue weighted by atomic mass is 16.3. The molecule has 1 fully saturated rings. The second-order valence-corrected chi connectivity index (χ2v) is 4.53. The normalized spacial score (nSPS) is 24.6. The van der Waals surface area contributed by atoms with Crippen molar-refractivity contribution in [2.24, 2.45) is 11.7 Å². The van der Waals surface area contributed by atoms with E-state index in [1.54, 1.807) is 11.8 Å². The minimum absolute atomic E-state index is 0.0312. The molecule has 0 aromatic heterocycles. The molecule has 0 saturated carbocycles. The maximum Gasteiger partial charge on any atom is 0.240 e. The van der Waals surface area contributed by atoms with Crippen LogP contribution in [0.1, 0.15) is 33.1 Å². The van der Waals surface area contributed by atoms with E-state index in [-0.39, 0.29) is 11.8 Å². The van der Waals surface area contributed by atoms with Crippen LogP contribution in [-0.4, -0.2) is 40.5 Å². The average Bonchev–Trinajstić information content (AvgIpc) is 2.46. The summed E-state index contributed by atoms with van der Waals surface area (Å²) in [6.07, 6.45) is 1.14. The molecule has 1 heterocycles. The molecule has 2 amide bonds. The van der Waals surface area contributed by atoms with Crippen LogP contribution in [0.3, 0.4) is 0 Å². The number of rotatable bonds is 5. The summed E-state index contributed by atoms with van der Waals surface area (Å²) in [5.41, 5.74) is 5.25. The van der Waals surface area contributed by atoms with Crippen molar-refractivity contribution in [3.63, 3.8) is 0 Å². The summed E-state index contributed by atoms with van der Waals surface area (Å²) in [5.74, 6) is -0.342. The van der Waals surface area contributed by atoms with Gasteiger partial charge in [0.25, 0.3) is 0 Å². The van der Waals surface area contributed by atoms with Crippen LogP contribution in [0.15, 0.2) is 0 Å². The van der Waals surface area contributed by atoms with Gasteiger partial charge in [0.2, 0.25) is 11.8 Å². The number of primary amides is 1. The molecule has 0 spiro atoms. The molecular weight excluding hydrogens is 208 g/mol. The number of hydrogen-bond donors (Lipinski definition) is 2. The lowest BCUT2D eigenvalue weighted by molar-refractivity contribution is -0.136. The Morgan fingerprint density at radius 1 is 1.69 bits per heavy atom. The molecule has 3 N–H and O–H groups in total. The highest BCUT2D eigenvalue weighted by Crippen LogP contribution is 2.24. The van der Waals surface area contributed by atoms with E-state index in [1.165, 1.54) is 0 Å². The second kappa shape index (κ2) is 5.30. The molecule has 16 heavy (non-hydrogen) atoms. The monoisotopic (exact) mass is 228 g/mol. The Bertz CT molecular complexity index is 278. The fourth-order valence-electron chi connectivity index (χ4n) is 2.33. The van der Waals surface area contributed by atoms with Crippen LogP contribution in [0.25, 0.3) is 0 Å². The van der Waals surface area contributed by atoms with Crippen molar-refractivity contribution in [3.8, 4) is 0 Å². The largest absolute Gasteiger partial charge is 0.393 e. The zero-order valence-corrected chi connectivity index (χ0v) is 9.85. The first kappa shape index (κ1) is 13.0. The van der Waals surface area contributed by atoms with Crippen LogP contribution < -0.4 is 5.73 Å². The number of carbonyl (C=O) groups is 2. The Morgan fingerprint density at radius 2 is 2.31 bits per heavy atom. The molecule has 0 aromatic rings. The van der Waals surface area contributed by atoms with Crippen molar-refractivity contribution < 1.29 is 14.7 Å². The van der Waals surface area contributed by atoms with Gasteiger partial charge in [-0.15, -0.1) is 0 Å². The van der Waals surface area contributed by atoms with Crippen LogP contribution in [0.5, 0.6) is 0 Å². The van der Waals surface area contributed by atoms with E-state index in [0.29, 0.717) is 25.8 Å². The van der Waals surface area contributed by atoms with E-state index in [2.05, 4.69) is 0 Å². The summed E-state index contributed by atoms with van der Waals surface area (Å²) in [6, 6.07) is -0.494. The minimum Gasteiger partial charge on any atom is -0.393 e. The van der Waals surface area contributed by atoms with Gasteiger partial charge in [0.15, 0.2) is 0 Å². The van der Waals surface area contributed by atoms with Crippen LogP contribution in [0, 0.1) is 5.92 Å². The highest BCUT2D eigenvalue weighted by molar-refractivity contribution is 5.87. The summed E-state index contributed by atoms with van der Waals surface area (Å²) in [5, 5.41) is 9.27. The van der Waals surface area contributed by atoms with Gasteiger partial charge in [-0.3, -0.25) is 9.59 Å². The van der Waals surface area contributed by atoms with Gasteiger partial charge in [-0.2, -0.15) is 0 Å². The van der Waals surface area contributed by atoms with E-state index < -0.39 is 18.1 Å². The van der Waals surface area contributed by atoms with Gasteiger partial charge in [-0.1, -0.05) is 6.92 Å². The smallest absolute Gasteiger partial charge is 0.240 e. The molecule has 1 aliphatic heterocycles. The van der Waals surface area contributed by atoms with Crippen LogP contribution >= 0.6 is 0 Å². The van der Waals surface area contributed by atoms with Crippen molar-refractivity contribution in [1.82, 2.24) is 4.90 Å². The maximum absolute atomic E-state index is 11.7. The SMILES string of the molecule is CC[C@@H](C(N)=O)N1C[C@H](CC(C)O)CC1=O. The van der Waals surface area contributed by atoms with E-state index in [0.717, 1.165) is 0 Å². The van der Waals surface area contributed by atoms with Gasteiger partial charge in [-0.25, -0.2) is 0 Å². The molecule has 1 aliphatic rings. The van der Waals surface area contributed by atoms with Crippen molar-refractivity contribution in [2.45, 2.75) is 45.3 Å². The lowest BCUT2D eigenvalue weighted by Gasteiger charge is -2.24. The van der Waals surface area contributed by atoms with Gasteiger partial charge in [-0.05, 0) is 25.7 Å². The molecule has 5 nitrogen and oxygen atoms in total. The molecule has 0 bridgehead atoms. The first-order chi connectivity index (χ1) is 7.45. The summed E-state index contributed by atoms with van der Waals surface area (Å²) in [4.78, 5) is 24.4. The number of hydrogen-bond acceptors (Lipinski definition) is 3. The van der Waals surface area contributed by atoms with E-state index >= 15 is 0 Å². The Kier molecular flexibility index (Phi) is 4.29. The summed E-state index contributed by atoms with van der Waals surface area (Å²) >= 11 is 0. The fourth-order valence-corrected chi connectivity index (χ4v) is 2.33. The molecule has 92 valence electrons. The molecule has 0 aromatic carbocycles. The van der Waals surface area contributed by atoms with E-state index in [9.17, 15) is 14.7 Å². The summed E-state index contributed by atoms with van der Waals surface area (Å²) in [6.45, 7) is 4.08. The number of amides is 2. The Labute approximate surface area is 95.6 Å². The summed E-state index contributed by atoms with van der Waals surface area (Å²) < 4.78 is 0. The number of aliphatic hydroxyl groups is 1. The van der Waals surface area contributed by atoms with E-state index in [4.69, 9.17) is 5.73 Å². The number of carbonyl (C=O) groups excluding carboxylic acids is 2. The Morgan fingerprint density at radius 3 is 2.75 bits per heavy atom. The molecule has 1 saturated heterocycles. The highest BCUT2D eigenvalue weighted by Gasteiger charge is 2.36. The second-order valence-electron chi connectivity index (χ2n) is 4.53. The Hall–Kier alpha value is -1.10. The molecule has 0 radical (unpaired) electrons. The molecule has 1 unspecified atom stereocenters. The third-order valence-electron chi connectivity index (χ3n) is 3.00. The number of nitrogens with two attached hydrogens (primary N) is 1. The zero-order chi connectivity index (χ0) is 12.3. The standard InChI is InChI=1S/C11H20N2O3/c1-3-9(11(12)16)13-6-8(4-7(2)14)5-10(13)15/h7-9,14H,3-6H2,1-2H3,(H2,12,16)/t7?,8-,9+/m1/s1. The maximum atomic E-state index is 11.7. The summed E-state index contributed by atoms with van der Waals surface area (Å²) in [7, 11) is 0. The third-order valence-corrected chi connectivity index (χ3v) is 3.00. The molecule has 0 aliphatic carbocycles. The predicted octanol–water partition coefficient (Wildman–Crippen LogP) is -0.130. The first-order valence-electron chi connectivity index (χ1n) is 5.72. The van der Waals surface area contributed by atoms with Crippen molar-refractivity contribution in [1.29, 1.82) is 0 Å². The van der Waals surface area contributed by atoms with Gasteiger partial charge < -0.3 is 15.7 Å². The fraction of sp³-hybridized carbons (Fsp3) is 0.818. The quantitative estimate of drug-likeness (QED) is 0.687. The third kappa shape index (κ3) is 2.95. The lowest BCUT2D eigenvalue weighted by Crippen LogP contribution is -2.45. The van der Waals surface area contributed by atoms with E-state index in [1.807, 2.05) is 6.92 Å². The number of aliphatic hydroxyl groups excluding tert-OH is 1. The average molecular weight is 228 g/mol. The van der Waals surface area contributed by atoms with Gasteiger partial charge in [0, 0.05) is 13.0 Å². The predicted molar refractivity (Wildman–Crippen MR) is 59.4 cm³/mol. The molecular formula is C11H20N2O3. The zero-order valence-electron chi connectivity index (χ0n) is 9.85. The van der Waals surface area contributed by atoms with Crippen LogP contribution in [0.4, 0.5) is 0 Å². The molecule has 5 heteroatoms. The van der Waals surface area contributed by atoms with Crippen molar-refractivity contribution >= 4 is 11.8 Å². The number of likely N-dealkylation sites (tertiary alicyclic amines) is 1. The minimum atomic E-state index is -0.494. The lowest BCUT2D eigenvalue weighted by atomic mass is 10.0. The number of nitrogens with zero attached hydrogens (tertiary/aromatic N) is 1. The van der Waals surface area contributed by atoms with Gasteiger partial charge in [0.05, 0.1) is 6.10 Å². The Balaban J connectivity index is 2.63. The molecule has 3 atom stereocenters. The molecule has 1 rings (SSSR count). The van der Waals surface area contributed by atoms with Crippen molar-refractivity contribution in [3.05, 3.63) is 0 Å². The topological polar surface area (TPSA) is 83.6 Å². The van der Waals surface area contributed by atoms with Crippen molar-refractivity contribution in [2.75, 3.05) is 6.54 Å². The van der Waals surface area contributed by atoms with Crippen LogP contribution in [0.2, 0.25) is 0 Å².